The van der Waals surface area contributed by atoms with E-state index < -0.39 is 10.8 Å². The number of benzene rings is 1. The second-order valence-corrected chi connectivity index (χ2v) is 9.13. The molecule has 1 amide bonds. The number of nitro benzene ring substituents is 1. The highest BCUT2D eigenvalue weighted by Crippen LogP contribution is 2.29. The average molecular weight is 410 g/mol. The van der Waals surface area contributed by atoms with Crippen LogP contribution in [0.1, 0.15) is 57.6 Å². The molecule has 0 aliphatic carbocycles. The van der Waals surface area contributed by atoms with Gasteiger partial charge in [-0.3, -0.25) is 14.9 Å². The second-order valence-electron chi connectivity index (χ2n) is 9.13. The number of hydrogen-bond acceptors (Lipinski definition) is 5. The van der Waals surface area contributed by atoms with Gasteiger partial charge in [-0.2, -0.15) is 5.10 Å². The first-order chi connectivity index (χ1) is 13.9. The standard InChI is InChI=1S/C21H26N6O3/c1-20(2,3)17-12-18(26(24-17)21(4,5)6)23-19(28)14-7-8-15(16(11-14)27(29)30)25-10-9-22-13-25/h7-13H,1-6H3,(H,23,28). The molecule has 9 heteroatoms. The van der Waals surface area contributed by atoms with E-state index in [1.165, 1.54) is 29.2 Å². The number of aromatic nitrogens is 4. The normalized spacial score (nSPS) is 12.1. The molecule has 0 bridgehead atoms. The van der Waals surface area contributed by atoms with E-state index in [9.17, 15) is 14.9 Å². The summed E-state index contributed by atoms with van der Waals surface area (Å²) in [5.41, 5.74) is 0.632. The van der Waals surface area contributed by atoms with E-state index in [-0.39, 0.29) is 22.2 Å². The van der Waals surface area contributed by atoms with Gasteiger partial charge in [0.05, 0.1) is 22.5 Å². The third-order valence-electron chi connectivity index (χ3n) is 4.57. The van der Waals surface area contributed by atoms with E-state index in [0.29, 0.717) is 11.5 Å². The summed E-state index contributed by atoms with van der Waals surface area (Å²) in [4.78, 5) is 27.9. The van der Waals surface area contributed by atoms with Gasteiger partial charge in [0.1, 0.15) is 11.5 Å². The van der Waals surface area contributed by atoms with Gasteiger partial charge in [-0.05, 0) is 32.9 Å². The van der Waals surface area contributed by atoms with Crippen molar-refractivity contribution >= 4 is 17.4 Å². The number of hydrogen-bond donors (Lipinski definition) is 1. The van der Waals surface area contributed by atoms with E-state index in [1.54, 1.807) is 16.9 Å². The van der Waals surface area contributed by atoms with Crippen molar-refractivity contribution in [1.29, 1.82) is 0 Å². The Hall–Kier alpha value is -3.49. The zero-order valence-electron chi connectivity index (χ0n) is 18.0. The molecule has 1 aromatic carbocycles. The fourth-order valence-electron chi connectivity index (χ4n) is 2.97. The molecule has 2 aromatic heterocycles. The number of carbonyl (C=O) groups is 1. The molecule has 30 heavy (non-hydrogen) atoms. The van der Waals surface area contributed by atoms with Gasteiger partial charge in [-0.15, -0.1) is 0 Å². The predicted molar refractivity (Wildman–Crippen MR) is 114 cm³/mol. The van der Waals surface area contributed by atoms with Crippen molar-refractivity contribution in [2.24, 2.45) is 0 Å². The molecular formula is C21H26N6O3. The number of carbonyl (C=O) groups excluding carboxylic acids is 1. The van der Waals surface area contributed by atoms with Crippen molar-refractivity contribution in [3.05, 3.63) is 64.4 Å². The van der Waals surface area contributed by atoms with Crippen LogP contribution in [0.3, 0.4) is 0 Å². The highest BCUT2D eigenvalue weighted by atomic mass is 16.6. The van der Waals surface area contributed by atoms with Crippen LogP contribution in [0.15, 0.2) is 43.0 Å². The summed E-state index contributed by atoms with van der Waals surface area (Å²) >= 11 is 0. The summed E-state index contributed by atoms with van der Waals surface area (Å²) in [6.45, 7) is 12.1. The molecule has 0 saturated carbocycles. The average Bonchev–Trinajstić information content (AvgIpc) is 3.30. The lowest BCUT2D eigenvalue weighted by Crippen LogP contribution is -2.27. The Morgan fingerprint density at radius 1 is 1.13 bits per heavy atom. The third kappa shape index (κ3) is 4.24. The monoisotopic (exact) mass is 410 g/mol. The second kappa shape index (κ2) is 7.40. The first kappa shape index (κ1) is 21.2. The summed E-state index contributed by atoms with van der Waals surface area (Å²) in [6.07, 6.45) is 4.61. The SMILES string of the molecule is CC(C)(C)c1cc(NC(=O)c2ccc(-n3ccnc3)c([N+](=O)[O-])c2)n(C(C)(C)C)n1. The van der Waals surface area contributed by atoms with E-state index in [0.717, 1.165) is 5.69 Å². The fraction of sp³-hybridized carbons (Fsp3) is 0.381. The Balaban J connectivity index is 1.98. The van der Waals surface area contributed by atoms with Crippen molar-refractivity contribution in [3.8, 4) is 5.69 Å². The third-order valence-corrected chi connectivity index (χ3v) is 4.57. The maximum absolute atomic E-state index is 12.9. The Morgan fingerprint density at radius 3 is 2.37 bits per heavy atom. The summed E-state index contributed by atoms with van der Waals surface area (Å²) in [5, 5.41) is 19.1. The van der Waals surface area contributed by atoms with Crippen LogP contribution in [-0.4, -0.2) is 30.2 Å². The lowest BCUT2D eigenvalue weighted by Gasteiger charge is -2.23. The molecule has 0 spiro atoms. The molecule has 0 fully saturated rings. The molecule has 2 heterocycles. The molecule has 9 nitrogen and oxygen atoms in total. The molecule has 0 unspecified atom stereocenters. The largest absolute Gasteiger partial charge is 0.307 e. The van der Waals surface area contributed by atoms with Gasteiger partial charge in [0.2, 0.25) is 0 Å². The Morgan fingerprint density at radius 2 is 1.83 bits per heavy atom. The molecule has 1 N–H and O–H groups in total. The Bertz CT molecular complexity index is 1090. The van der Waals surface area contributed by atoms with Crippen LogP contribution in [-0.2, 0) is 11.0 Å². The lowest BCUT2D eigenvalue weighted by atomic mass is 9.92. The fourth-order valence-corrected chi connectivity index (χ4v) is 2.97. The highest BCUT2D eigenvalue weighted by molar-refractivity contribution is 6.04. The van der Waals surface area contributed by atoms with Crippen LogP contribution < -0.4 is 5.32 Å². The van der Waals surface area contributed by atoms with Crippen LogP contribution in [0.25, 0.3) is 5.69 Å². The molecule has 0 radical (unpaired) electrons. The van der Waals surface area contributed by atoms with Gasteiger partial charge in [-0.1, -0.05) is 20.8 Å². The molecule has 158 valence electrons. The van der Waals surface area contributed by atoms with Crippen LogP contribution in [0.2, 0.25) is 0 Å². The summed E-state index contributed by atoms with van der Waals surface area (Å²) in [7, 11) is 0. The molecule has 3 aromatic rings. The van der Waals surface area contributed by atoms with Gasteiger partial charge in [0, 0.05) is 35.5 Å². The van der Waals surface area contributed by atoms with Gasteiger partial charge < -0.3 is 9.88 Å². The minimum Gasteiger partial charge on any atom is -0.307 e. The topological polar surface area (TPSA) is 108 Å². The smallest absolute Gasteiger partial charge is 0.294 e. The van der Waals surface area contributed by atoms with Crippen LogP contribution in [0, 0.1) is 10.1 Å². The quantitative estimate of drug-likeness (QED) is 0.510. The molecular weight excluding hydrogens is 384 g/mol. The molecule has 0 atom stereocenters. The van der Waals surface area contributed by atoms with Gasteiger partial charge >= 0.3 is 0 Å². The molecule has 3 rings (SSSR count). The Kier molecular flexibility index (Phi) is 5.23. The zero-order chi connectivity index (χ0) is 22.3. The number of nitrogens with zero attached hydrogens (tertiary/aromatic N) is 5. The summed E-state index contributed by atoms with van der Waals surface area (Å²) in [5.74, 6) is 0.0971. The summed E-state index contributed by atoms with van der Waals surface area (Å²) < 4.78 is 3.30. The van der Waals surface area contributed by atoms with Gasteiger partial charge in [-0.25, -0.2) is 9.67 Å². The first-order valence-electron chi connectivity index (χ1n) is 9.57. The number of rotatable bonds is 4. The van der Waals surface area contributed by atoms with Crippen LogP contribution in [0.5, 0.6) is 0 Å². The van der Waals surface area contributed by atoms with E-state index in [1.807, 2.05) is 47.6 Å². The first-order valence-corrected chi connectivity index (χ1v) is 9.57. The highest BCUT2D eigenvalue weighted by Gasteiger charge is 2.26. The number of amides is 1. The van der Waals surface area contributed by atoms with Gasteiger partial charge in [0.25, 0.3) is 11.6 Å². The number of nitrogens with one attached hydrogen (secondary N) is 1. The molecule has 0 saturated heterocycles. The van der Waals surface area contributed by atoms with Crippen LogP contribution in [0.4, 0.5) is 11.5 Å². The van der Waals surface area contributed by atoms with E-state index >= 15 is 0 Å². The maximum atomic E-state index is 12.9. The van der Waals surface area contributed by atoms with Crippen molar-refractivity contribution in [1.82, 2.24) is 19.3 Å². The van der Waals surface area contributed by atoms with Crippen molar-refractivity contribution < 1.29 is 9.72 Å². The van der Waals surface area contributed by atoms with E-state index in [4.69, 9.17) is 0 Å². The Labute approximate surface area is 174 Å². The molecule has 0 aliphatic heterocycles. The van der Waals surface area contributed by atoms with Gasteiger partial charge in [0.15, 0.2) is 0 Å². The minimum atomic E-state index is -0.511. The predicted octanol–water partition coefficient (Wildman–Crippen LogP) is 4.28. The zero-order valence-corrected chi connectivity index (χ0v) is 18.0. The maximum Gasteiger partial charge on any atom is 0.294 e. The summed E-state index contributed by atoms with van der Waals surface area (Å²) in [6, 6.07) is 6.21. The number of imidazole rings is 1. The lowest BCUT2D eigenvalue weighted by molar-refractivity contribution is -0.384. The minimum absolute atomic E-state index is 0.180. The molecule has 0 aliphatic rings. The number of anilines is 1. The van der Waals surface area contributed by atoms with Crippen molar-refractivity contribution in [2.75, 3.05) is 5.32 Å². The van der Waals surface area contributed by atoms with Crippen molar-refractivity contribution in [2.45, 2.75) is 52.5 Å². The van der Waals surface area contributed by atoms with Crippen molar-refractivity contribution in [3.63, 3.8) is 0 Å². The van der Waals surface area contributed by atoms with Crippen LogP contribution >= 0.6 is 0 Å². The van der Waals surface area contributed by atoms with E-state index in [2.05, 4.69) is 15.4 Å². The number of nitro groups is 1.